The van der Waals surface area contributed by atoms with Gasteiger partial charge in [0.05, 0.1) is 6.04 Å². The number of halogens is 1. The quantitative estimate of drug-likeness (QED) is 0.302. The molecule has 0 fully saturated rings. The summed E-state index contributed by atoms with van der Waals surface area (Å²) in [6.45, 7) is 5.99. The summed E-state index contributed by atoms with van der Waals surface area (Å²) in [5.74, 6) is 0.972. The average Bonchev–Trinajstić information content (AvgIpc) is 3.18. The van der Waals surface area contributed by atoms with Crippen LogP contribution in [0, 0.1) is 19.7 Å². The highest BCUT2D eigenvalue weighted by Gasteiger charge is 2.21. The lowest BCUT2D eigenvalue weighted by Gasteiger charge is -2.20. The Morgan fingerprint density at radius 2 is 1.84 bits per heavy atom. The third kappa shape index (κ3) is 4.20. The molecule has 0 N–H and O–H groups in total. The number of aromatic nitrogens is 3. The fourth-order valence-corrected chi connectivity index (χ4v) is 4.45. The second kappa shape index (κ2) is 8.88. The molecule has 2 heterocycles. The zero-order chi connectivity index (χ0) is 23.0. The minimum Gasteiger partial charge on any atom is -0.422 e. The van der Waals surface area contributed by atoms with Crippen LogP contribution in [0.4, 0.5) is 4.39 Å². The van der Waals surface area contributed by atoms with Gasteiger partial charge in [-0.15, -0.1) is 10.2 Å². The zero-order valence-corrected chi connectivity index (χ0v) is 19.5. The van der Waals surface area contributed by atoms with Crippen molar-refractivity contribution in [2.75, 3.05) is 14.1 Å². The van der Waals surface area contributed by atoms with Crippen LogP contribution in [0.2, 0.25) is 0 Å². The molecule has 166 valence electrons. The van der Waals surface area contributed by atoms with E-state index in [0.717, 1.165) is 33.6 Å². The first-order valence-electron chi connectivity index (χ1n) is 10.3. The normalized spacial score (nSPS) is 12.6. The largest absolute Gasteiger partial charge is 0.422 e. The van der Waals surface area contributed by atoms with Gasteiger partial charge in [0, 0.05) is 22.9 Å². The Morgan fingerprint density at radius 3 is 2.53 bits per heavy atom. The first kappa shape index (κ1) is 22.2. The van der Waals surface area contributed by atoms with Crippen molar-refractivity contribution < 1.29 is 8.81 Å². The molecule has 2 aromatic carbocycles. The molecule has 6 nitrogen and oxygen atoms in total. The second-order valence-corrected chi connectivity index (χ2v) is 9.00. The number of hydrogen-bond donors (Lipinski definition) is 0. The van der Waals surface area contributed by atoms with Gasteiger partial charge in [-0.25, -0.2) is 9.18 Å². The minimum atomic E-state index is -0.372. The van der Waals surface area contributed by atoms with Crippen LogP contribution >= 0.6 is 11.8 Å². The van der Waals surface area contributed by atoms with E-state index < -0.39 is 0 Å². The molecule has 0 saturated heterocycles. The molecule has 0 radical (unpaired) electrons. The Morgan fingerprint density at radius 1 is 1.12 bits per heavy atom. The van der Waals surface area contributed by atoms with Crippen molar-refractivity contribution in [3.8, 4) is 5.69 Å². The highest BCUT2D eigenvalue weighted by molar-refractivity contribution is 7.98. The van der Waals surface area contributed by atoms with E-state index in [1.165, 1.54) is 30.0 Å². The van der Waals surface area contributed by atoms with E-state index in [0.29, 0.717) is 16.5 Å². The fourth-order valence-electron chi connectivity index (χ4n) is 3.50. The lowest BCUT2D eigenvalue weighted by Crippen LogP contribution is -2.20. The highest BCUT2D eigenvalue weighted by Crippen LogP contribution is 2.31. The van der Waals surface area contributed by atoms with E-state index in [2.05, 4.69) is 10.2 Å². The highest BCUT2D eigenvalue weighted by atomic mass is 32.2. The van der Waals surface area contributed by atoms with E-state index in [9.17, 15) is 9.18 Å². The standard InChI is InChI=1S/C24H25FN4O2S/c1-14-6-11-20-17(12-21(30)31-22(20)15(14)2)13-32-24-27-26-23(16(3)28(4)5)29(24)19-9-7-18(25)8-10-19/h6-12,16H,13H2,1-5H3. The molecule has 0 aliphatic heterocycles. The van der Waals surface area contributed by atoms with Crippen molar-refractivity contribution in [2.45, 2.75) is 37.7 Å². The number of nitrogens with zero attached hydrogens (tertiary/aromatic N) is 4. The molecule has 4 aromatic rings. The zero-order valence-electron chi connectivity index (χ0n) is 18.7. The van der Waals surface area contributed by atoms with Gasteiger partial charge in [0.1, 0.15) is 11.4 Å². The molecule has 8 heteroatoms. The van der Waals surface area contributed by atoms with Crippen LogP contribution in [-0.2, 0) is 5.75 Å². The number of hydrogen-bond acceptors (Lipinski definition) is 6. The molecule has 1 unspecified atom stereocenters. The third-order valence-corrected chi connectivity index (χ3v) is 6.74. The van der Waals surface area contributed by atoms with Crippen LogP contribution < -0.4 is 5.63 Å². The lowest BCUT2D eigenvalue weighted by molar-refractivity contribution is 0.305. The van der Waals surface area contributed by atoms with Crippen LogP contribution in [0.5, 0.6) is 0 Å². The van der Waals surface area contributed by atoms with E-state index in [1.807, 2.05) is 56.5 Å². The average molecular weight is 453 g/mol. The number of fused-ring (bicyclic) bond motifs is 1. The Balaban J connectivity index is 1.75. The third-order valence-electron chi connectivity index (χ3n) is 5.77. The molecular weight excluding hydrogens is 427 g/mol. The minimum absolute atomic E-state index is 0.00266. The van der Waals surface area contributed by atoms with Crippen molar-refractivity contribution in [1.29, 1.82) is 0 Å². The van der Waals surface area contributed by atoms with Crippen molar-refractivity contribution in [2.24, 2.45) is 0 Å². The van der Waals surface area contributed by atoms with Gasteiger partial charge in [-0.05, 0) is 75.8 Å². The predicted molar refractivity (Wildman–Crippen MR) is 125 cm³/mol. The van der Waals surface area contributed by atoms with E-state index in [-0.39, 0.29) is 17.5 Å². The molecule has 0 spiro atoms. The Bertz CT molecular complexity index is 1330. The first-order chi connectivity index (χ1) is 15.3. The van der Waals surface area contributed by atoms with Gasteiger partial charge < -0.3 is 4.42 Å². The van der Waals surface area contributed by atoms with Crippen LogP contribution in [0.25, 0.3) is 16.7 Å². The molecule has 0 aliphatic rings. The Kier molecular flexibility index (Phi) is 6.17. The van der Waals surface area contributed by atoms with Crippen molar-refractivity contribution in [1.82, 2.24) is 19.7 Å². The number of aryl methyl sites for hydroxylation is 2. The topological polar surface area (TPSA) is 64.2 Å². The monoisotopic (exact) mass is 452 g/mol. The van der Waals surface area contributed by atoms with Crippen LogP contribution in [0.15, 0.2) is 56.8 Å². The number of thioether (sulfide) groups is 1. The lowest BCUT2D eigenvalue weighted by atomic mass is 10.0. The summed E-state index contributed by atoms with van der Waals surface area (Å²) in [6, 6.07) is 11.8. The summed E-state index contributed by atoms with van der Waals surface area (Å²) in [6.07, 6.45) is 0. The maximum absolute atomic E-state index is 13.5. The summed E-state index contributed by atoms with van der Waals surface area (Å²) in [4.78, 5) is 14.3. The number of rotatable bonds is 6. The Hall–Kier alpha value is -2.97. The molecule has 0 aliphatic carbocycles. The summed E-state index contributed by atoms with van der Waals surface area (Å²) >= 11 is 1.48. The molecule has 0 amide bonds. The van der Waals surface area contributed by atoms with Crippen LogP contribution in [0.3, 0.4) is 0 Å². The summed E-state index contributed by atoms with van der Waals surface area (Å²) in [7, 11) is 3.95. The van der Waals surface area contributed by atoms with E-state index >= 15 is 0 Å². The molecular formula is C24H25FN4O2S. The van der Waals surface area contributed by atoms with Crippen LogP contribution in [-0.4, -0.2) is 33.8 Å². The van der Waals surface area contributed by atoms with E-state index in [1.54, 1.807) is 12.1 Å². The van der Waals surface area contributed by atoms with Gasteiger partial charge in [0.15, 0.2) is 11.0 Å². The van der Waals surface area contributed by atoms with Gasteiger partial charge in [-0.3, -0.25) is 9.47 Å². The SMILES string of the molecule is Cc1ccc2c(CSc3nnc(C(C)N(C)C)n3-c3ccc(F)cc3)cc(=O)oc2c1C. The van der Waals surface area contributed by atoms with Crippen LogP contribution in [0.1, 0.15) is 35.5 Å². The van der Waals surface area contributed by atoms with Gasteiger partial charge >= 0.3 is 5.63 Å². The van der Waals surface area contributed by atoms with Crippen molar-refractivity contribution in [3.63, 3.8) is 0 Å². The predicted octanol–water partition coefficient (Wildman–Crippen LogP) is 5.04. The van der Waals surface area contributed by atoms with Gasteiger partial charge in [-0.1, -0.05) is 23.9 Å². The van der Waals surface area contributed by atoms with E-state index in [4.69, 9.17) is 4.42 Å². The fraction of sp³-hybridized carbons (Fsp3) is 0.292. The molecule has 32 heavy (non-hydrogen) atoms. The van der Waals surface area contributed by atoms with Crippen molar-refractivity contribution in [3.05, 3.63) is 81.2 Å². The molecule has 1 atom stereocenters. The summed E-state index contributed by atoms with van der Waals surface area (Å²) < 4.78 is 21.0. The molecule has 2 aromatic heterocycles. The molecule has 0 bridgehead atoms. The number of benzene rings is 2. The van der Waals surface area contributed by atoms with Gasteiger partial charge in [-0.2, -0.15) is 0 Å². The maximum atomic E-state index is 13.5. The maximum Gasteiger partial charge on any atom is 0.336 e. The summed E-state index contributed by atoms with van der Waals surface area (Å²) in [5.41, 5.74) is 3.94. The molecule has 4 rings (SSSR count). The van der Waals surface area contributed by atoms with Gasteiger partial charge in [0.2, 0.25) is 0 Å². The van der Waals surface area contributed by atoms with Crippen molar-refractivity contribution >= 4 is 22.7 Å². The smallest absolute Gasteiger partial charge is 0.336 e. The first-order valence-corrected chi connectivity index (χ1v) is 11.3. The second-order valence-electron chi connectivity index (χ2n) is 8.06. The summed E-state index contributed by atoms with van der Waals surface area (Å²) in [5, 5.41) is 10.4. The molecule has 0 saturated carbocycles. The Labute approximate surface area is 190 Å². The van der Waals surface area contributed by atoms with Gasteiger partial charge in [0.25, 0.3) is 0 Å².